The zero-order chi connectivity index (χ0) is 12.0. The van der Waals surface area contributed by atoms with Gasteiger partial charge in [-0.05, 0) is 6.42 Å². The quantitative estimate of drug-likeness (QED) is 0.597. The summed E-state index contributed by atoms with van der Waals surface area (Å²) in [5.41, 5.74) is 0. The van der Waals surface area contributed by atoms with Gasteiger partial charge in [-0.1, -0.05) is 0 Å². The van der Waals surface area contributed by atoms with Gasteiger partial charge in [-0.3, -0.25) is 14.9 Å². The fourth-order valence-electron chi connectivity index (χ4n) is 1.37. The highest BCUT2D eigenvalue weighted by atomic mass is 35.5. The highest BCUT2D eigenvalue weighted by Gasteiger charge is 2.20. The van der Waals surface area contributed by atoms with E-state index in [1.807, 2.05) is 0 Å². The Balaban J connectivity index is 2.15. The minimum Gasteiger partial charge on any atom is -0.352 e. The van der Waals surface area contributed by atoms with Crippen LogP contribution in [0.15, 0.2) is 0 Å². The largest absolute Gasteiger partial charge is 0.352 e. The summed E-state index contributed by atoms with van der Waals surface area (Å²) in [7, 11) is 0. The first kappa shape index (κ1) is 12.8. The third-order valence-electron chi connectivity index (χ3n) is 2.17. The second-order valence-electron chi connectivity index (χ2n) is 3.50. The number of imide groups is 1. The van der Waals surface area contributed by atoms with Crippen molar-refractivity contribution in [2.24, 2.45) is 0 Å². The lowest BCUT2D eigenvalue weighted by Gasteiger charge is -2.11. The number of alkyl halides is 1. The molecule has 1 aliphatic rings. The van der Waals surface area contributed by atoms with Crippen LogP contribution in [0.25, 0.3) is 0 Å². The monoisotopic (exact) mass is 247 g/mol. The average Bonchev–Trinajstić information content (AvgIpc) is 2.61. The van der Waals surface area contributed by atoms with Crippen molar-refractivity contribution in [1.82, 2.24) is 16.0 Å². The lowest BCUT2D eigenvalue weighted by atomic mass is 10.2. The van der Waals surface area contributed by atoms with Gasteiger partial charge in [-0.25, -0.2) is 4.79 Å². The van der Waals surface area contributed by atoms with Gasteiger partial charge >= 0.3 is 6.03 Å². The van der Waals surface area contributed by atoms with Crippen LogP contribution in [0, 0.1) is 0 Å². The second kappa shape index (κ2) is 6.32. The molecule has 0 spiro atoms. The van der Waals surface area contributed by atoms with Crippen LogP contribution in [-0.4, -0.2) is 36.3 Å². The van der Waals surface area contributed by atoms with Gasteiger partial charge in [0, 0.05) is 31.3 Å². The summed E-state index contributed by atoms with van der Waals surface area (Å²) in [5.74, 6) is -0.244. The zero-order valence-corrected chi connectivity index (χ0v) is 9.47. The third kappa shape index (κ3) is 4.48. The predicted octanol–water partition coefficient (Wildman–Crippen LogP) is -0.280. The Kier molecular flexibility index (Phi) is 5.04. The van der Waals surface area contributed by atoms with Crippen LogP contribution in [-0.2, 0) is 9.59 Å². The SMILES string of the molecule is O=C(CCCl)NC(=O)NCC1CCC(=O)N1. The van der Waals surface area contributed by atoms with Gasteiger partial charge in [-0.15, -0.1) is 11.6 Å². The zero-order valence-electron chi connectivity index (χ0n) is 8.72. The summed E-state index contributed by atoms with van der Waals surface area (Å²) < 4.78 is 0. The number of halogens is 1. The Morgan fingerprint density at radius 3 is 2.81 bits per heavy atom. The van der Waals surface area contributed by atoms with Gasteiger partial charge in [0.1, 0.15) is 0 Å². The van der Waals surface area contributed by atoms with Crippen LogP contribution < -0.4 is 16.0 Å². The van der Waals surface area contributed by atoms with E-state index in [-0.39, 0.29) is 24.2 Å². The summed E-state index contributed by atoms with van der Waals surface area (Å²) in [6.45, 7) is 0.325. The minimum atomic E-state index is -0.559. The van der Waals surface area contributed by atoms with Crippen molar-refractivity contribution < 1.29 is 14.4 Å². The van der Waals surface area contributed by atoms with Gasteiger partial charge in [0.15, 0.2) is 0 Å². The molecule has 3 N–H and O–H groups in total. The molecule has 0 bridgehead atoms. The van der Waals surface area contributed by atoms with E-state index in [2.05, 4.69) is 16.0 Å². The number of hydrogen-bond acceptors (Lipinski definition) is 3. The molecule has 0 saturated carbocycles. The molecule has 1 atom stereocenters. The molecule has 7 heteroatoms. The van der Waals surface area contributed by atoms with E-state index in [9.17, 15) is 14.4 Å². The van der Waals surface area contributed by atoms with Gasteiger partial charge in [0.25, 0.3) is 0 Å². The maximum Gasteiger partial charge on any atom is 0.321 e. The maximum atomic E-state index is 11.2. The lowest BCUT2D eigenvalue weighted by Crippen LogP contribution is -2.44. The first-order valence-electron chi connectivity index (χ1n) is 5.05. The molecule has 4 amide bonds. The molecule has 1 saturated heterocycles. The number of hydrogen-bond donors (Lipinski definition) is 3. The smallest absolute Gasteiger partial charge is 0.321 e. The van der Waals surface area contributed by atoms with E-state index in [1.165, 1.54) is 0 Å². The van der Waals surface area contributed by atoms with E-state index < -0.39 is 11.9 Å². The first-order chi connectivity index (χ1) is 7.61. The van der Waals surface area contributed by atoms with Crippen molar-refractivity contribution in [1.29, 1.82) is 0 Å². The number of amides is 4. The molecule has 1 fully saturated rings. The van der Waals surface area contributed by atoms with Crippen molar-refractivity contribution in [3.05, 3.63) is 0 Å². The van der Waals surface area contributed by atoms with Crippen LogP contribution in [0.2, 0.25) is 0 Å². The normalized spacial score (nSPS) is 19.1. The van der Waals surface area contributed by atoms with Crippen molar-refractivity contribution in [3.63, 3.8) is 0 Å². The lowest BCUT2D eigenvalue weighted by molar-refractivity contribution is -0.120. The Hall–Kier alpha value is -1.30. The van der Waals surface area contributed by atoms with E-state index in [1.54, 1.807) is 0 Å². The van der Waals surface area contributed by atoms with Gasteiger partial charge in [0.2, 0.25) is 11.8 Å². The highest BCUT2D eigenvalue weighted by molar-refractivity contribution is 6.19. The number of rotatable bonds is 4. The third-order valence-corrected chi connectivity index (χ3v) is 2.36. The molecule has 1 unspecified atom stereocenters. The molecule has 16 heavy (non-hydrogen) atoms. The van der Waals surface area contributed by atoms with Crippen molar-refractivity contribution >= 4 is 29.4 Å². The molecule has 0 aliphatic carbocycles. The predicted molar refractivity (Wildman–Crippen MR) is 58.0 cm³/mol. The van der Waals surface area contributed by atoms with Crippen molar-refractivity contribution in [3.8, 4) is 0 Å². The Bertz CT molecular complexity index is 296. The summed E-state index contributed by atoms with van der Waals surface area (Å²) in [6.07, 6.45) is 1.29. The van der Waals surface area contributed by atoms with E-state index >= 15 is 0 Å². The van der Waals surface area contributed by atoms with E-state index in [4.69, 9.17) is 11.6 Å². The van der Waals surface area contributed by atoms with Crippen LogP contribution in [0.1, 0.15) is 19.3 Å². The molecular formula is C9H14ClN3O3. The maximum absolute atomic E-state index is 11.2. The number of carbonyl (C=O) groups is 3. The van der Waals surface area contributed by atoms with Gasteiger partial charge in [-0.2, -0.15) is 0 Å². The molecular weight excluding hydrogens is 234 g/mol. The van der Waals surface area contributed by atoms with E-state index in [0.717, 1.165) is 0 Å². The highest BCUT2D eigenvalue weighted by Crippen LogP contribution is 2.04. The molecule has 0 aromatic heterocycles. The van der Waals surface area contributed by atoms with Crippen LogP contribution in [0.4, 0.5) is 4.79 Å². The molecule has 1 aliphatic heterocycles. The Morgan fingerprint density at radius 1 is 1.50 bits per heavy atom. The summed E-state index contributed by atoms with van der Waals surface area (Å²) in [4.78, 5) is 33.0. The standard InChI is InChI=1S/C9H14ClN3O3/c10-4-3-8(15)13-9(16)11-5-6-1-2-7(14)12-6/h6H,1-5H2,(H,12,14)(H2,11,13,15,16). The van der Waals surface area contributed by atoms with Crippen molar-refractivity contribution in [2.45, 2.75) is 25.3 Å². The minimum absolute atomic E-state index is 0.00887. The number of carbonyl (C=O) groups excluding carboxylic acids is 3. The topological polar surface area (TPSA) is 87.3 Å². The fourth-order valence-corrected chi connectivity index (χ4v) is 1.54. The first-order valence-corrected chi connectivity index (χ1v) is 5.58. The van der Waals surface area contributed by atoms with Gasteiger partial charge < -0.3 is 10.6 Å². The summed E-state index contributed by atoms with van der Waals surface area (Å²) in [5, 5.41) is 7.34. The van der Waals surface area contributed by atoms with Crippen LogP contribution >= 0.6 is 11.6 Å². The molecule has 0 aromatic carbocycles. The van der Waals surface area contributed by atoms with Crippen molar-refractivity contribution in [2.75, 3.05) is 12.4 Å². The molecule has 0 aromatic rings. The van der Waals surface area contributed by atoms with Crippen LogP contribution in [0.5, 0.6) is 0 Å². The Morgan fingerprint density at radius 2 is 2.25 bits per heavy atom. The molecule has 6 nitrogen and oxygen atoms in total. The Labute approximate surface area is 98.1 Å². The van der Waals surface area contributed by atoms with Gasteiger partial charge in [0.05, 0.1) is 0 Å². The molecule has 0 radical (unpaired) electrons. The fraction of sp³-hybridized carbons (Fsp3) is 0.667. The molecule has 90 valence electrons. The van der Waals surface area contributed by atoms with E-state index in [0.29, 0.717) is 19.4 Å². The summed E-state index contributed by atoms with van der Waals surface area (Å²) >= 11 is 5.34. The number of nitrogens with one attached hydrogen (secondary N) is 3. The summed E-state index contributed by atoms with van der Waals surface area (Å²) in [6, 6.07) is -0.599. The molecule has 1 rings (SSSR count). The molecule has 1 heterocycles. The average molecular weight is 248 g/mol. The second-order valence-corrected chi connectivity index (χ2v) is 3.88. The van der Waals surface area contributed by atoms with Crippen LogP contribution in [0.3, 0.4) is 0 Å². The number of urea groups is 1.